The summed E-state index contributed by atoms with van der Waals surface area (Å²) in [4.78, 5) is 10.5. The summed E-state index contributed by atoms with van der Waals surface area (Å²) in [5.74, 6) is -0.343. The number of carboxylic acids is 1. The molecule has 152 valence electrons. The van der Waals surface area contributed by atoms with Gasteiger partial charge in [-0.25, -0.2) is 4.79 Å². The summed E-state index contributed by atoms with van der Waals surface area (Å²) in [5, 5.41) is 23.3. The first-order valence-corrected chi connectivity index (χ1v) is 9.74. The number of hydrogen-bond donors (Lipinski definition) is 3. The normalized spacial score (nSPS) is 22.1. The fourth-order valence-electron chi connectivity index (χ4n) is 2.67. The SMILES string of the molecule is COCCOCCOCCOc1cccc(C2(C(=O)O)NC(C)CS2)c1O. The highest BCUT2D eigenvalue weighted by molar-refractivity contribution is 8.01. The van der Waals surface area contributed by atoms with E-state index in [9.17, 15) is 15.0 Å². The Labute approximate surface area is 163 Å². The second-order valence-corrected chi connectivity index (χ2v) is 7.30. The first kappa shape index (κ1) is 21.8. The molecule has 2 atom stereocenters. The summed E-state index contributed by atoms with van der Waals surface area (Å²) in [7, 11) is 1.61. The largest absolute Gasteiger partial charge is 0.504 e. The number of methoxy groups -OCH3 is 1. The molecule has 1 aromatic carbocycles. The predicted octanol–water partition coefficient (Wildman–Crippen LogP) is 1.41. The molecule has 8 nitrogen and oxygen atoms in total. The van der Waals surface area contributed by atoms with E-state index in [1.165, 1.54) is 11.8 Å². The molecule has 2 unspecified atom stereocenters. The van der Waals surface area contributed by atoms with Gasteiger partial charge in [-0.05, 0) is 13.0 Å². The third-order valence-electron chi connectivity index (χ3n) is 3.97. The van der Waals surface area contributed by atoms with Gasteiger partial charge in [-0.15, -0.1) is 11.8 Å². The zero-order valence-electron chi connectivity index (χ0n) is 15.6. The number of phenolic OH excluding ortho intramolecular Hbond substituents is 1. The molecule has 1 aliphatic rings. The van der Waals surface area contributed by atoms with Crippen LogP contribution in [0.2, 0.25) is 0 Å². The second kappa shape index (κ2) is 10.7. The van der Waals surface area contributed by atoms with Gasteiger partial charge in [-0.3, -0.25) is 5.32 Å². The minimum absolute atomic E-state index is 0.0228. The van der Waals surface area contributed by atoms with Crippen molar-refractivity contribution in [1.82, 2.24) is 5.32 Å². The number of rotatable bonds is 12. The Morgan fingerprint density at radius 1 is 1.22 bits per heavy atom. The molecule has 9 heteroatoms. The third kappa shape index (κ3) is 5.73. The smallest absolute Gasteiger partial charge is 0.339 e. The van der Waals surface area contributed by atoms with Crippen LogP contribution in [0.5, 0.6) is 11.5 Å². The van der Waals surface area contributed by atoms with Crippen LogP contribution >= 0.6 is 11.8 Å². The number of hydrogen-bond acceptors (Lipinski definition) is 8. The zero-order valence-corrected chi connectivity index (χ0v) is 16.4. The fourth-order valence-corrected chi connectivity index (χ4v) is 3.98. The van der Waals surface area contributed by atoms with Gasteiger partial charge in [0, 0.05) is 24.5 Å². The van der Waals surface area contributed by atoms with Gasteiger partial charge in [0.05, 0.1) is 33.0 Å². The van der Waals surface area contributed by atoms with E-state index in [-0.39, 0.29) is 29.7 Å². The van der Waals surface area contributed by atoms with Crippen LogP contribution in [0.3, 0.4) is 0 Å². The molecule has 0 spiro atoms. The minimum atomic E-state index is -1.38. The Morgan fingerprint density at radius 2 is 1.89 bits per heavy atom. The molecule has 1 saturated heterocycles. The van der Waals surface area contributed by atoms with E-state index in [1.54, 1.807) is 25.3 Å². The van der Waals surface area contributed by atoms with E-state index < -0.39 is 10.8 Å². The highest BCUT2D eigenvalue weighted by Crippen LogP contribution is 2.46. The van der Waals surface area contributed by atoms with Crippen LogP contribution < -0.4 is 10.1 Å². The topological polar surface area (TPSA) is 106 Å². The van der Waals surface area contributed by atoms with Crippen molar-refractivity contribution in [2.24, 2.45) is 0 Å². The van der Waals surface area contributed by atoms with E-state index in [1.807, 2.05) is 6.92 Å². The minimum Gasteiger partial charge on any atom is -0.504 e. The first-order valence-electron chi connectivity index (χ1n) is 8.76. The highest BCUT2D eigenvalue weighted by Gasteiger charge is 2.48. The summed E-state index contributed by atoms with van der Waals surface area (Å²) < 4.78 is 21.1. The molecule has 3 N–H and O–H groups in total. The lowest BCUT2D eigenvalue weighted by Crippen LogP contribution is -2.45. The standard InChI is InChI=1S/C18H27NO7S/c1-13-12-27-18(19-13,17(21)22)14-4-3-5-15(16(14)20)26-11-10-25-9-8-24-7-6-23-2/h3-5,13,19-20H,6-12H2,1-2H3,(H,21,22). The number of aliphatic carboxylic acids is 1. The van der Waals surface area contributed by atoms with Crippen molar-refractivity contribution in [3.8, 4) is 11.5 Å². The van der Waals surface area contributed by atoms with Gasteiger partial charge in [0.1, 0.15) is 6.61 Å². The van der Waals surface area contributed by atoms with Gasteiger partial charge < -0.3 is 29.2 Å². The maximum absolute atomic E-state index is 11.9. The first-order chi connectivity index (χ1) is 13.0. The Bertz CT molecular complexity index is 615. The quantitative estimate of drug-likeness (QED) is 0.448. The molecule has 0 aromatic heterocycles. The number of benzene rings is 1. The number of para-hydroxylation sites is 1. The van der Waals surface area contributed by atoms with Crippen molar-refractivity contribution < 1.29 is 34.0 Å². The predicted molar refractivity (Wildman–Crippen MR) is 101 cm³/mol. The van der Waals surface area contributed by atoms with Crippen LogP contribution in [0.25, 0.3) is 0 Å². The Balaban J connectivity index is 1.87. The molecular weight excluding hydrogens is 374 g/mol. The van der Waals surface area contributed by atoms with Crippen molar-refractivity contribution in [2.45, 2.75) is 17.8 Å². The number of ether oxygens (including phenoxy) is 4. The lowest BCUT2D eigenvalue weighted by molar-refractivity contribution is -0.141. The Hall–Kier alpha value is -1.52. The van der Waals surface area contributed by atoms with E-state index in [4.69, 9.17) is 18.9 Å². The monoisotopic (exact) mass is 401 g/mol. The van der Waals surface area contributed by atoms with Gasteiger partial charge in [-0.2, -0.15) is 0 Å². The van der Waals surface area contributed by atoms with E-state index in [0.29, 0.717) is 38.8 Å². The molecule has 1 fully saturated rings. The van der Waals surface area contributed by atoms with Crippen LogP contribution in [0.15, 0.2) is 18.2 Å². The lowest BCUT2D eigenvalue weighted by atomic mass is 10.0. The van der Waals surface area contributed by atoms with Crippen LogP contribution in [0.1, 0.15) is 12.5 Å². The molecular formula is C18H27NO7S. The molecule has 0 aliphatic carbocycles. The van der Waals surface area contributed by atoms with Crippen molar-refractivity contribution in [3.05, 3.63) is 23.8 Å². The van der Waals surface area contributed by atoms with E-state index in [0.717, 1.165) is 0 Å². The van der Waals surface area contributed by atoms with Gasteiger partial charge in [0.25, 0.3) is 0 Å². The fraction of sp³-hybridized carbons (Fsp3) is 0.611. The van der Waals surface area contributed by atoms with Gasteiger partial charge in [-0.1, -0.05) is 12.1 Å². The summed E-state index contributed by atoms with van der Waals surface area (Å²) in [5.41, 5.74) is 0.286. The molecule has 1 aliphatic heterocycles. The number of nitrogens with one attached hydrogen (secondary N) is 1. The number of carboxylic acid groups (broad SMARTS) is 1. The molecule has 1 heterocycles. The van der Waals surface area contributed by atoms with Crippen LogP contribution in [0, 0.1) is 0 Å². The van der Waals surface area contributed by atoms with E-state index >= 15 is 0 Å². The van der Waals surface area contributed by atoms with Crippen LogP contribution in [0.4, 0.5) is 0 Å². The third-order valence-corrected chi connectivity index (χ3v) is 5.58. The highest BCUT2D eigenvalue weighted by atomic mass is 32.2. The van der Waals surface area contributed by atoms with Crippen LogP contribution in [-0.2, 0) is 23.9 Å². The molecule has 0 amide bonds. The van der Waals surface area contributed by atoms with Gasteiger partial charge in [0.2, 0.25) is 0 Å². The van der Waals surface area contributed by atoms with Crippen molar-refractivity contribution in [2.75, 3.05) is 52.5 Å². The summed E-state index contributed by atoms with van der Waals surface area (Å²) >= 11 is 1.25. The Morgan fingerprint density at radius 3 is 2.48 bits per heavy atom. The molecule has 0 radical (unpaired) electrons. The van der Waals surface area contributed by atoms with Crippen molar-refractivity contribution in [1.29, 1.82) is 0 Å². The average molecular weight is 401 g/mol. The number of phenols is 1. The maximum atomic E-state index is 11.9. The molecule has 1 aromatic rings. The van der Waals surface area contributed by atoms with Gasteiger partial charge >= 0.3 is 5.97 Å². The summed E-state index contributed by atoms with van der Waals surface area (Å²) in [6.45, 7) is 4.42. The van der Waals surface area contributed by atoms with E-state index in [2.05, 4.69) is 5.32 Å². The molecule has 0 bridgehead atoms. The molecule has 2 rings (SSSR count). The lowest BCUT2D eigenvalue weighted by Gasteiger charge is -2.26. The second-order valence-electron chi connectivity index (χ2n) is 6.06. The summed E-state index contributed by atoms with van der Waals surface area (Å²) in [6.07, 6.45) is 0. The van der Waals surface area contributed by atoms with Crippen molar-refractivity contribution >= 4 is 17.7 Å². The molecule has 0 saturated carbocycles. The number of aromatic hydroxyl groups is 1. The number of thioether (sulfide) groups is 1. The zero-order chi connectivity index (χ0) is 19.7. The maximum Gasteiger partial charge on any atom is 0.339 e. The summed E-state index contributed by atoms with van der Waals surface area (Å²) in [6, 6.07) is 4.90. The average Bonchev–Trinajstić information content (AvgIpc) is 3.04. The van der Waals surface area contributed by atoms with Crippen LogP contribution in [-0.4, -0.2) is 74.7 Å². The number of carbonyl (C=O) groups is 1. The van der Waals surface area contributed by atoms with Crippen molar-refractivity contribution in [3.63, 3.8) is 0 Å². The van der Waals surface area contributed by atoms with Gasteiger partial charge in [0.15, 0.2) is 16.4 Å². The molecule has 27 heavy (non-hydrogen) atoms. The Kier molecular flexibility index (Phi) is 8.65.